The highest BCUT2D eigenvalue weighted by Crippen LogP contribution is 2.40. The van der Waals surface area contributed by atoms with E-state index in [4.69, 9.17) is 4.74 Å². The van der Waals surface area contributed by atoms with Crippen LogP contribution in [0.1, 0.15) is 34.7 Å². The smallest absolute Gasteiger partial charge is 0.279 e. The van der Waals surface area contributed by atoms with Gasteiger partial charge in [0.05, 0.1) is 23.8 Å². The second kappa shape index (κ2) is 7.95. The fourth-order valence-corrected chi connectivity index (χ4v) is 5.05. The number of hydrogen-bond acceptors (Lipinski definition) is 4. The van der Waals surface area contributed by atoms with Crippen molar-refractivity contribution in [1.82, 2.24) is 4.41 Å². The SMILES string of the molecule is COc1ccccc1[C@H]1CC(c2ccc(C)cc2)=NN1S(=O)(=O)c1ccc(C)cc1. The lowest BCUT2D eigenvalue weighted by Crippen LogP contribution is -2.27. The number of sulfonamides is 1. The summed E-state index contributed by atoms with van der Waals surface area (Å²) in [6.45, 7) is 3.95. The molecule has 154 valence electrons. The molecule has 3 aromatic rings. The predicted octanol–water partition coefficient (Wildman–Crippen LogP) is 4.85. The van der Waals surface area contributed by atoms with Crippen LogP contribution < -0.4 is 4.74 Å². The van der Waals surface area contributed by atoms with Gasteiger partial charge in [-0.15, -0.1) is 0 Å². The summed E-state index contributed by atoms with van der Waals surface area (Å²) in [4.78, 5) is 0.224. The molecular weight excluding hydrogens is 396 g/mol. The summed E-state index contributed by atoms with van der Waals surface area (Å²) in [6.07, 6.45) is 0.467. The van der Waals surface area contributed by atoms with E-state index >= 15 is 0 Å². The maximum Gasteiger partial charge on any atom is 0.279 e. The third-order valence-electron chi connectivity index (χ3n) is 5.32. The Morgan fingerprint density at radius 1 is 0.900 bits per heavy atom. The molecule has 0 aromatic heterocycles. The van der Waals surface area contributed by atoms with Gasteiger partial charge in [0.1, 0.15) is 5.75 Å². The molecule has 1 atom stereocenters. The maximum atomic E-state index is 13.5. The molecule has 0 amide bonds. The topological polar surface area (TPSA) is 59.0 Å². The van der Waals surface area contributed by atoms with Crippen LogP contribution in [-0.2, 0) is 10.0 Å². The molecule has 0 aliphatic carbocycles. The second-order valence-corrected chi connectivity index (χ2v) is 9.26. The normalized spacial score (nSPS) is 16.4. The minimum absolute atomic E-state index is 0.224. The van der Waals surface area contributed by atoms with Crippen molar-refractivity contribution < 1.29 is 13.2 Å². The molecule has 0 saturated heterocycles. The molecule has 0 N–H and O–H groups in total. The molecule has 30 heavy (non-hydrogen) atoms. The van der Waals surface area contributed by atoms with Crippen LogP contribution in [0, 0.1) is 13.8 Å². The van der Waals surface area contributed by atoms with Crippen LogP contribution in [0.25, 0.3) is 0 Å². The van der Waals surface area contributed by atoms with Gasteiger partial charge in [0.2, 0.25) is 0 Å². The maximum absolute atomic E-state index is 13.5. The summed E-state index contributed by atoms with van der Waals surface area (Å²) in [5.41, 5.74) is 4.59. The first kappa shape index (κ1) is 20.2. The van der Waals surface area contributed by atoms with Crippen molar-refractivity contribution in [3.05, 3.63) is 95.1 Å². The molecule has 3 aromatic carbocycles. The number of methoxy groups -OCH3 is 1. The van der Waals surface area contributed by atoms with Gasteiger partial charge in [-0.2, -0.15) is 17.9 Å². The number of hydrogen-bond donors (Lipinski definition) is 0. The van der Waals surface area contributed by atoms with Gasteiger partial charge in [-0.1, -0.05) is 65.7 Å². The van der Waals surface area contributed by atoms with Crippen LogP contribution in [0.4, 0.5) is 0 Å². The Bertz CT molecular complexity index is 1180. The molecular formula is C24H24N2O3S. The Morgan fingerprint density at radius 3 is 2.13 bits per heavy atom. The van der Waals surface area contributed by atoms with Crippen LogP contribution in [-0.4, -0.2) is 25.7 Å². The van der Waals surface area contributed by atoms with E-state index < -0.39 is 16.1 Å². The summed E-state index contributed by atoms with van der Waals surface area (Å²) >= 11 is 0. The molecule has 1 heterocycles. The molecule has 0 saturated carbocycles. The standard InChI is InChI=1S/C24H24N2O3S/c1-17-8-12-19(13-9-17)22-16-23(21-6-4-5-7-24(21)29-3)26(25-22)30(27,28)20-14-10-18(2)11-15-20/h4-15,23H,16H2,1-3H3/t23-/m1/s1. The molecule has 4 rings (SSSR count). The van der Waals surface area contributed by atoms with E-state index in [9.17, 15) is 8.42 Å². The van der Waals surface area contributed by atoms with Crippen LogP contribution >= 0.6 is 0 Å². The van der Waals surface area contributed by atoms with Crippen molar-refractivity contribution in [3.63, 3.8) is 0 Å². The fourth-order valence-electron chi connectivity index (χ4n) is 3.62. The van der Waals surface area contributed by atoms with E-state index in [-0.39, 0.29) is 4.90 Å². The first-order valence-corrected chi connectivity index (χ1v) is 11.2. The lowest BCUT2D eigenvalue weighted by atomic mass is 9.98. The van der Waals surface area contributed by atoms with Gasteiger partial charge in [-0.05, 0) is 37.6 Å². The van der Waals surface area contributed by atoms with Gasteiger partial charge >= 0.3 is 0 Å². The summed E-state index contributed by atoms with van der Waals surface area (Å²) in [6, 6.07) is 21.8. The summed E-state index contributed by atoms with van der Waals surface area (Å²) in [5.74, 6) is 0.645. The van der Waals surface area contributed by atoms with E-state index in [0.717, 1.165) is 28.0 Å². The van der Waals surface area contributed by atoms with Gasteiger partial charge < -0.3 is 4.74 Å². The molecule has 5 nitrogen and oxygen atoms in total. The Morgan fingerprint density at radius 2 is 1.50 bits per heavy atom. The zero-order valence-corrected chi connectivity index (χ0v) is 18.1. The molecule has 0 unspecified atom stereocenters. The number of para-hydroxylation sites is 1. The monoisotopic (exact) mass is 420 g/mol. The highest BCUT2D eigenvalue weighted by atomic mass is 32.2. The third kappa shape index (κ3) is 3.71. The van der Waals surface area contributed by atoms with Crippen molar-refractivity contribution in [2.75, 3.05) is 7.11 Å². The van der Waals surface area contributed by atoms with E-state index in [1.165, 1.54) is 4.41 Å². The Hall–Kier alpha value is -3.12. The lowest BCUT2D eigenvalue weighted by molar-refractivity contribution is 0.350. The number of ether oxygens (including phenoxy) is 1. The van der Waals surface area contributed by atoms with Crippen molar-refractivity contribution >= 4 is 15.7 Å². The summed E-state index contributed by atoms with van der Waals surface area (Å²) in [7, 11) is -2.24. The Labute approximate surface area is 177 Å². The molecule has 0 radical (unpaired) electrons. The number of aryl methyl sites for hydroxylation is 2. The highest BCUT2D eigenvalue weighted by molar-refractivity contribution is 7.89. The van der Waals surface area contributed by atoms with Crippen molar-refractivity contribution in [2.24, 2.45) is 5.10 Å². The average molecular weight is 421 g/mol. The van der Waals surface area contributed by atoms with E-state index in [2.05, 4.69) is 5.10 Å². The summed E-state index contributed by atoms with van der Waals surface area (Å²) in [5, 5.41) is 4.60. The van der Waals surface area contributed by atoms with Crippen LogP contribution in [0.5, 0.6) is 5.75 Å². The summed E-state index contributed by atoms with van der Waals surface area (Å²) < 4.78 is 33.8. The second-order valence-electron chi connectivity index (χ2n) is 7.47. The van der Waals surface area contributed by atoms with E-state index in [1.807, 2.05) is 62.4 Å². The first-order chi connectivity index (χ1) is 14.4. The van der Waals surface area contributed by atoms with Crippen molar-refractivity contribution in [3.8, 4) is 5.75 Å². The third-order valence-corrected chi connectivity index (χ3v) is 7.02. The molecule has 0 bridgehead atoms. The molecule has 0 spiro atoms. The van der Waals surface area contributed by atoms with Gasteiger partial charge in [0.15, 0.2) is 0 Å². The van der Waals surface area contributed by atoms with Crippen molar-refractivity contribution in [1.29, 1.82) is 0 Å². The van der Waals surface area contributed by atoms with Gasteiger partial charge in [-0.25, -0.2) is 0 Å². The van der Waals surface area contributed by atoms with Gasteiger partial charge in [0.25, 0.3) is 10.0 Å². The van der Waals surface area contributed by atoms with E-state index in [0.29, 0.717) is 12.2 Å². The minimum atomic E-state index is -3.84. The molecule has 6 heteroatoms. The number of benzene rings is 3. The molecule has 1 aliphatic heterocycles. The van der Waals surface area contributed by atoms with Crippen molar-refractivity contribution in [2.45, 2.75) is 31.2 Å². The number of rotatable bonds is 5. The van der Waals surface area contributed by atoms with E-state index in [1.54, 1.807) is 31.4 Å². The van der Waals surface area contributed by atoms with Crippen LogP contribution in [0.3, 0.4) is 0 Å². The zero-order valence-electron chi connectivity index (χ0n) is 17.2. The van der Waals surface area contributed by atoms with Gasteiger partial charge in [0, 0.05) is 12.0 Å². The van der Waals surface area contributed by atoms with Crippen LogP contribution in [0.2, 0.25) is 0 Å². The number of hydrazone groups is 1. The van der Waals surface area contributed by atoms with Crippen LogP contribution in [0.15, 0.2) is 82.8 Å². The predicted molar refractivity (Wildman–Crippen MR) is 118 cm³/mol. The highest BCUT2D eigenvalue weighted by Gasteiger charge is 2.38. The first-order valence-electron chi connectivity index (χ1n) is 9.78. The lowest BCUT2D eigenvalue weighted by Gasteiger charge is -2.24. The minimum Gasteiger partial charge on any atom is -0.496 e. The number of nitrogens with zero attached hydrogens (tertiary/aromatic N) is 2. The Kier molecular flexibility index (Phi) is 5.35. The van der Waals surface area contributed by atoms with Gasteiger partial charge in [-0.3, -0.25) is 0 Å². The molecule has 1 aliphatic rings. The zero-order chi connectivity index (χ0) is 21.3. The fraction of sp³-hybridized carbons (Fsp3) is 0.208. The quantitative estimate of drug-likeness (QED) is 0.593. The largest absolute Gasteiger partial charge is 0.496 e. The molecule has 0 fully saturated rings. The Balaban J connectivity index is 1.83. The average Bonchev–Trinajstić information content (AvgIpc) is 3.21.